The van der Waals surface area contributed by atoms with Crippen LogP contribution in [-0.2, 0) is 11.8 Å². The van der Waals surface area contributed by atoms with Crippen molar-refractivity contribution in [1.82, 2.24) is 19.6 Å². The minimum atomic E-state index is -0.138. The van der Waals surface area contributed by atoms with Crippen LogP contribution in [0, 0.1) is 40.4 Å². The zero-order chi connectivity index (χ0) is 29.1. The van der Waals surface area contributed by atoms with Crippen LogP contribution in [0.3, 0.4) is 0 Å². The van der Waals surface area contributed by atoms with E-state index in [0.717, 1.165) is 43.4 Å². The third kappa shape index (κ3) is 4.98. The minimum absolute atomic E-state index is 0.00172. The number of fused-ring (bicyclic) bond motifs is 5. The third-order valence-corrected chi connectivity index (χ3v) is 12.8. The first-order valence-corrected chi connectivity index (χ1v) is 16.5. The molecule has 5 aliphatic rings. The van der Waals surface area contributed by atoms with Crippen molar-refractivity contribution >= 4 is 11.8 Å². The Morgan fingerprint density at radius 3 is 2.66 bits per heavy atom. The van der Waals surface area contributed by atoms with E-state index in [9.17, 15) is 14.7 Å². The number of allylic oxidation sites excluding steroid dienone is 1. The van der Waals surface area contributed by atoms with Crippen LogP contribution in [0.5, 0.6) is 0 Å². The van der Waals surface area contributed by atoms with E-state index in [2.05, 4.69) is 31.9 Å². The molecule has 9 atom stereocenters. The summed E-state index contributed by atoms with van der Waals surface area (Å²) < 4.78 is 1.66. The second-order valence-electron chi connectivity index (χ2n) is 15.0. The highest BCUT2D eigenvalue weighted by atomic mass is 16.3. The molecular formula is C34H52N4O3. The van der Waals surface area contributed by atoms with Gasteiger partial charge in [-0.1, -0.05) is 32.4 Å². The zero-order valence-corrected chi connectivity index (χ0v) is 26.0. The van der Waals surface area contributed by atoms with Crippen molar-refractivity contribution in [3.05, 3.63) is 29.6 Å². The number of aryl methyl sites for hydroxylation is 1. The number of aromatic nitrogens is 2. The molecule has 0 radical (unpaired) electrons. The maximum absolute atomic E-state index is 13.3. The van der Waals surface area contributed by atoms with E-state index in [4.69, 9.17) is 0 Å². The molecule has 3 saturated carbocycles. The van der Waals surface area contributed by atoms with Crippen molar-refractivity contribution in [3.8, 4) is 0 Å². The average Bonchev–Trinajstić information content (AvgIpc) is 3.54. The van der Waals surface area contributed by atoms with Gasteiger partial charge in [-0.2, -0.15) is 5.10 Å². The van der Waals surface area contributed by atoms with E-state index >= 15 is 0 Å². The molecule has 1 N–H and O–H groups in total. The fourth-order valence-electron chi connectivity index (χ4n) is 10.5. The number of aliphatic hydroxyl groups excluding tert-OH is 1. The first-order chi connectivity index (χ1) is 19.5. The molecule has 1 aliphatic heterocycles. The molecule has 4 aliphatic carbocycles. The van der Waals surface area contributed by atoms with Crippen molar-refractivity contribution < 1.29 is 14.7 Å². The Bertz CT molecular complexity index is 1190. The zero-order valence-electron chi connectivity index (χ0n) is 26.0. The predicted molar refractivity (Wildman–Crippen MR) is 160 cm³/mol. The van der Waals surface area contributed by atoms with Crippen molar-refractivity contribution in [2.24, 2.45) is 47.5 Å². The van der Waals surface area contributed by atoms with Crippen LogP contribution in [0.4, 0.5) is 0 Å². The fourth-order valence-corrected chi connectivity index (χ4v) is 10.5. The summed E-state index contributed by atoms with van der Waals surface area (Å²) >= 11 is 0. The van der Waals surface area contributed by atoms with Crippen LogP contribution in [0.25, 0.3) is 0 Å². The fraction of sp³-hybridized carbons (Fsp3) is 0.794. The quantitative estimate of drug-likeness (QED) is 0.483. The summed E-state index contributed by atoms with van der Waals surface area (Å²) in [6, 6.07) is 0.00172. The summed E-state index contributed by atoms with van der Waals surface area (Å²) in [5.41, 5.74) is 2.84. The standard InChI is InChI=1S/C34H52N4O3/c1-22(6-11-31(40)37-16-17-38(23(2)20-37)32(41)24-19-35-36(5)21-24)28-9-10-29-27-8-7-25-18-26(39)12-14-33(25,3)30(27)13-15-34(28,29)4/h7,19,21-23,26-30,39H,6,8-18,20H2,1-5H3/t22?,23-,26-,27-,28+,29-,30-,33-,34+/m0/s1. The monoisotopic (exact) mass is 564 g/mol. The van der Waals surface area contributed by atoms with Crippen molar-refractivity contribution in [3.63, 3.8) is 0 Å². The molecule has 0 bridgehead atoms. The summed E-state index contributed by atoms with van der Waals surface area (Å²) in [6.45, 7) is 11.4. The number of nitrogens with zero attached hydrogens (tertiary/aromatic N) is 4. The van der Waals surface area contributed by atoms with Crippen LogP contribution >= 0.6 is 0 Å². The van der Waals surface area contributed by atoms with E-state index < -0.39 is 0 Å². The highest BCUT2D eigenvalue weighted by Gasteiger charge is 2.59. The summed E-state index contributed by atoms with van der Waals surface area (Å²) in [5.74, 6) is 3.84. The van der Waals surface area contributed by atoms with Crippen LogP contribution in [0.2, 0.25) is 0 Å². The van der Waals surface area contributed by atoms with Gasteiger partial charge < -0.3 is 14.9 Å². The SMILES string of the molecule is CC(CCC(=O)N1CCN(C(=O)c2cnn(C)c2)[C@@H](C)C1)[C@H]1CC[C@H]2[C@@H]3CC=C4C[C@@H](O)CC[C@]4(C)[C@H]3CC[C@]12C. The molecule has 1 aromatic heterocycles. The number of hydrogen-bond donors (Lipinski definition) is 1. The van der Waals surface area contributed by atoms with Gasteiger partial charge in [0.15, 0.2) is 0 Å². The van der Waals surface area contributed by atoms with Crippen molar-refractivity contribution in [1.29, 1.82) is 0 Å². The molecule has 2 heterocycles. The number of carbonyl (C=O) groups excluding carboxylic acids is 2. The van der Waals surface area contributed by atoms with Crippen molar-refractivity contribution in [2.75, 3.05) is 19.6 Å². The molecule has 1 saturated heterocycles. The van der Waals surface area contributed by atoms with Crippen LogP contribution in [-0.4, -0.2) is 68.3 Å². The lowest BCUT2D eigenvalue weighted by Gasteiger charge is -2.58. The number of carbonyl (C=O) groups is 2. The third-order valence-electron chi connectivity index (χ3n) is 12.8. The van der Waals surface area contributed by atoms with Gasteiger partial charge in [-0.15, -0.1) is 0 Å². The average molecular weight is 565 g/mol. The molecule has 1 aromatic rings. The van der Waals surface area contributed by atoms with Gasteiger partial charge in [0, 0.05) is 45.3 Å². The van der Waals surface area contributed by atoms with Gasteiger partial charge in [-0.25, -0.2) is 0 Å². The Morgan fingerprint density at radius 2 is 1.93 bits per heavy atom. The van der Waals surface area contributed by atoms with Gasteiger partial charge >= 0.3 is 0 Å². The molecule has 0 aromatic carbocycles. The molecule has 7 nitrogen and oxygen atoms in total. The van der Waals surface area contributed by atoms with Gasteiger partial charge in [0.25, 0.3) is 5.91 Å². The number of amides is 2. The van der Waals surface area contributed by atoms with E-state index in [-0.39, 0.29) is 24.0 Å². The smallest absolute Gasteiger partial charge is 0.257 e. The number of piperazine rings is 1. The Morgan fingerprint density at radius 1 is 1.12 bits per heavy atom. The van der Waals surface area contributed by atoms with Crippen LogP contribution in [0.15, 0.2) is 24.0 Å². The first-order valence-electron chi connectivity index (χ1n) is 16.5. The molecule has 226 valence electrons. The van der Waals surface area contributed by atoms with E-state index in [0.29, 0.717) is 54.3 Å². The topological polar surface area (TPSA) is 78.7 Å². The highest BCUT2D eigenvalue weighted by molar-refractivity contribution is 5.94. The lowest BCUT2D eigenvalue weighted by Crippen LogP contribution is -2.55. The maximum atomic E-state index is 13.3. The molecule has 6 rings (SSSR count). The predicted octanol–water partition coefficient (Wildman–Crippen LogP) is 5.45. The second-order valence-corrected chi connectivity index (χ2v) is 15.0. The molecule has 1 unspecified atom stereocenters. The van der Waals surface area contributed by atoms with Gasteiger partial charge in [0.2, 0.25) is 5.91 Å². The van der Waals surface area contributed by atoms with Gasteiger partial charge in [0.05, 0.1) is 17.9 Å². The number of hydrogen-bond acceptors (Lipinski definition) is 4. The van der Waals surface area contributed by atoms with Gasteiger partial charge in [-0.3, -0.25) is 14.3 Å². The Labute approximate surface area is 246 Å². The van der Waals surface area contributed by atoms with Crippen molar-refractivity contribution in [2.45, 2.75) is 104 Å². The number of aliphatic hydroxyl groups is 1. The van der Waals surface area contributed by atoms with E-state index in [1.54, 1.807) is 22.6 Å². The van der Waals surface area contributed by atoms with Gasteiger partial charge in [-0.05, 0) is 105 Å². The summed E-state index contributed by atoms with van der Waals surface area (Å²) in [6.07, 6.45) is 16.8. The van der Waals surface area contributed by atoms with Gasteiger partial charge in [0.1, 0.15) is 0 Å². The van der Waals surface area contributed by atoms with Crippen LogP contribution in [0.1, 0.15) is 102 Å². The minimum Gasteiger partial charge on any atom is -0.393 e. The molecule has 0 spiro atoms. The molecular weight excluding hydrogens is 512 g/mol. The summed E-state index contributed by atoms with van der Waals surface area (Å²) in [4.78, 5) is 30.2. The first kappa shape index (κ1) is 28.9. The Hall–Kier alpha value is -2.15. The normalized spacial score (nSPS) is 39.4. The highest BCUT2D eigenvalue weighted by Crippen LogP contribution is 2.67. The van der Waals surface area contributed by atoms with Crippen LogP contribution < -0.4 is 0 Å². The van der Waals surface area contributed by atoms with E-state index in [1.165, 1.54) is 32.1 Å². The number of rotatable bonds is 5. The molecule has 2 amide bonds. The molecule has 41 heavy (non-hydrogen) atoms. The largest absolute Gasteiger partial charge is 0.393 e. The Balaban J connectivity index is 1.04. The lowest BCUT2D eigenvalue weighted by molar-refractivity contribution is -0.134. The lowest BCUT2D eigenvalue weighted by atomic mass is 9.47. The summed E-state index contributed by atoms with van der Waals surface area (Å²) in [5, 5.41) is 14.5. The summed E-state index contributed by atoms with van der Waals surface area (Å²) in [7, 11) is 1.82. The molecule has 7 heteroatoms. The Kier molecular flexibility index (Phi) is 7.65. The maximum Gasteiger partial charge on any atom is 0.257 e. The molecule has 4 fully saturated rings. The second kappa shape index (κ2) is 10.8. The van der Waals surface area contributed by atoms with E-state index in [1.807, 2.05) is 23.8 Å².